The number of piperidine rings is 1. The van der Waals surface area contributed by atoms with Crippen LogP contribution in [-0.2, 0) is 4.79 Å². The van der Waals surface area contributed by atoms with Gasteiger partial charge in [-0.1, -0.05) is 22.9 Å². The number of carbonyl (C=O) groups excluding carboxylic acids is 1. The second-order valence-corrected chi connectivity index (χ2v) is 7.12. The molecule has 1 saturated heterocycles. The maximum Gasteiger partial charge on any atom is 0.260 e. The molecule has 3 nitrogen and oxygen atoms in total. The number of rotatable bonds is 3. The van der Waals surface area contributed by atoms with Crippen molar-refractivity contribution < 1.29 is 9.53 Å². The summed E-state index contributed by atoms with van der Waals surface area (Å²) in [6.45, 7) is 4.08. The van der Waals surface area contributed by atoms with Gasteiger partial charge in [-0.15, -0.1) is 0 Å². The summed E-state index contributed by atoms with van der Waals surface area (Å²) in [6, 6.07) is 5.81. The number of nitrogens with zero attached hydrogens (tertiary/aromatic N) is 1. The first-order valence-electron chi connectivity index (χ1n) is 6.41. The molecule has 0 bridgehead atoms. The summed E-state index contributed by atoms with van der Waals surface area (Å²) in [4.78, 5) is 13.9. The Morgan fingerprint density at radius 2 is 2.11 bits per heavy atom. The SMILES string of the molecule is CC1CCN(C(=O)COc2cc(Br)cc(I)c2)CC1. The van der Waals surface area contributed by atoms with Gasteiger partial charge in [0.1, 0.15) is 5.75 Å². The smallest absolute Gasteiger partial charge is 0.260 e. The van der Waals surface area contributed by atoms with Crippen LogP contribution >= 0.6 is 38.5 Å². The highest BCUT2D eigenvalue weighted by Crippen LogP contribution is 2.23. The number of ether oxygens (including phenoxy) is 1. The summed E-state index contributed by atoms with van der Waals surface area (Å²) in [7, 11) is 0. The number of benzene rings is 1. The lowest BCUT2D eigenvalue weighted by Gasteiger charge is -2.30. The standard InChI is InChI=1S/C14H17BrINO2/c1-10-2-4-17(5-3-10)14(18)9-19-13-7-11(15)6-12(16)8-13/h6-8,10H,2-5,9H2,1H3. The summed E-state index contributed by atoms with van der Waals surface area (Å²) < 4.78 is 7.63. The molecule has 1 aromatic carbocycles. The molecule has 1 fully saturated rings. The lowest BCUT2D eigenvalue weighted by molar-refractivity contribution is -0.134. The van der Waals surface area contributed by atoms with Gasteiger partial charge in [-0.2, -0.15) is 0 Å². The van der Waals surface area contributed by atoms with Crippen LogP contribution in [0.25, 0.3) is 0 Å². The second-order valence-electron chi connectivity index (χ2n) is 4.96. The zero-order valence-electron chi connectivity index (χ0n) is 10.9. The Morgan fingerprint density at radius 1 is 1.42 bits per heavy atom. The lowest BCUT2D eigenvalue weighted by atomic mass is 9.99. The molecule has 1 aliphatic rings. The van der Waals surface area contributed by atoms with E-state index in [1.807, 2.05) is 23.1 Å². The van der Waals surface area contributed by atoms with Gasteiger partial charge in [-0.25, -0.2) is 0 Å². The Bertz CT molecular complexity index is 439. The molecule has 1 aromatic rings. The highest BCUT2D eigenvalue weighted by Gasteiger charge is 2.20. The Labute approximate surface area is 136 Å². The van der Waals surface area contributed by atoms with Crippen molar-refractivity contribution in [2.45, 2.75) is 19.8 Å². The molecule has 0 aromatic heterocycles. The van der Waals surface area contributed by atoms with Gasteiger partial charge < -0.3 is 9.64 Å². The van der Waals surface area contributed by atoms with E-state index in [4.69, 9.17) is 4.74 Å². The van der Waals surface area contributed by atoms with E-state index < -0.39 is 0 Å². The predicted octanol–water partition coefficient (Wildman–Crippen LogP) is 3.69. The average molecular weight is 438 g/mol. The summed E-state index contributed by atoms with van der Waals surface area (Å²) in [6.07, 6.45) is 2.20. The first kappa shape index (κ1) is 15.1. The van der Waals surface area contributed by atoms with Crippen LogP contribution in [0.15, 0.2) is 22.7 Å². The van der Waals surface area contributed by atoms with Crippen molar-refractivity contribution in [2.24, 2.45) is 5.92 Å². The van der Waals surface area contributed by atoms with E-state index >= 15 is 0 Å². The minimum atomic E-state index is 0.0851. The fourth-order valence-electron chi connectivity index (χ4n) is 2.11. The molecule has 0 aliphatic carbocycles. The van der Waals surface area contributed by atoms with E-state index in [1.54, 1.807) is 0 Å². The first-order chi connectivity index (χ1) is 9.04. The Balaban J connectivity index is 1.86. The van der Waals surface area contributed by atoms with Crippen molar-refractivity contribution in [3.63, 3.8) is 0 Å². The molecule has 104 valence electrons. The molecule has 19 heavy (non-hydrogen) atoms. The molecule has 0 N–H and O–H groups in total. The van der Waals surface area contributed by atoms with Gasteiger partial charge in [0.15, 0.2) is 6.61 Å². The van der Waals surface area contributed by atoms with Crippen LogP contribution in [0.5, 0.6) is 5.75 Å². The average Bonchev–Trinajstić information content (AvgIpc) is 2.36. The molecule has 0 atom stereocenters. The number of likely N-dealkylation sites (tertiary alicyclic amines) is 1. The molecular formula is C14H17BrINO2. The predicted molar refractivity (Wildman–Crippen MR) is 87.3 cm³/mol. The number of halogens is 2. The van der Waals surface area contributed by atoms with Crippen molar-refractivity contribution >= 4 is 44.4 Å². The quantitative estimate of drug-likeness (QED) is 0.675. The van der Waals surface area contributed by atoms with Crippen LogP contribution in [0.4, 0.5) is 0 Å². The second kappa shape index (κ2) is 6.92. The summed E-state index contributed by atoms with van der Waals surface area (Å²) in [5.74, 6) is 1.55. The fraction of sp³-hybridized carbons (Fsp3) is 0.500. The van der Waals surface area contributed by atoms with Crippen molar-refractivity contribution in [3.8, 4) is 5.75 Å². The van der Waals surface area contributed by atoms with Crippen molar-refractivity contribution in [1.82, 2.24) is 4.90 Å². The monoisotopic (exact) mass is 437 g/mol. The molecule has 1 aliphatic heterocycles. The van der Waals surface area contributed by atoms with E-state index in [0.29, 0.717) is 0 Å². The van der Waals surface area contributed by atoms with Crippen LogP contribution in [0, 0.1) is 9.49 Å². The highest BCUT2D eigenvalue weighted by atomic mass is 127. The van der Waals surface area contributed by atoms with Crippen molar-refractivity contribution in [2.75, 3.05) is 19.7 Å². The Morgan fingerprint density at radius 3 is 2.74 bits per heavy atom. The van der Waals surface area contributed by atoms with E-state index in [-0.39, 0.29) is 12.5 Å². The summed E-state index contributed by atoms with van der Waals surface area (Å²) >= 11 is 5.65. The lowest BCUT2D eigenvalue weighted by Crippen LogP contribution is -2.40. The molecular weight excluding hydrogens is 421 g/mol. The third-order valence-electron chi connectivity index (χ3n) is 3.33. The van der Waals surface area contributed by atoms with Gasteiger partial charge in [0.05, 0.1) is 0 Å². The Kier molecular flexibility index (Phi) is 5.50. The molecule has 1 heterocycles. The van der Waals surface area contributed by atoms with Crippen LogP contribution < -0.4 is 4.74 Å². The third-order valence-corrected chi connectivity index (χ3v) is 4.42. The molecule has 0 spiro atoms. The molecule has 1 amide bonds. The minimum Gasteiger partial charge on any atom is -0.484 e. The molecule has 0 unspecified atom stereocenters. The zero-order chi connectivity index (χ0) is 13.8. The van der Waals surface area contributed by atoms with E-state index in [2.05, 4.69) is 45.4 Å². The topological polar surface area (TPSA) is 29.5 Å². The van der Waals surface area contributed by atoms with E-state index in [1.165, 1.54) is 0 Å². The van der Waals surface area contributed by atoms with Gasteiger partial charge in [0.2, 0.25) is 0 Å². The van der Waals surface area contributed by atoms with Crippen LogP contribution in [0.3, 0.4) is 0 Å². The highest BCUT2D eigenvalue weighted by molar-refractivity contribution is 14.1. The van der Waals surface area contributed by atoms with Crippen molar-refractivity contribution in [3.05, 3.63) is 26.2 Å². The van der Waals surface area contributed by atoms with Gasteiger partial charge >= 0.3 is 0 Å². The van der Waals surface area contributed by atoms with Gasteiger partial charge in [0, 0.05) is 21.1 Å². The van der Waals surface area contributed by atoms with Gasteiger partial charge in [-0.05, 0) is 59.5 Å². The Hall–Kier alpha value is -0.300. The number of hydrogen-bond acceptors (Lipinski definition) is 2. The maximum atomic E-state index is 12.0. The van der Waals surface area contributed by atoms with Crippen LogP contribution in [0.2, 0.25) is 0 Å². The zero-order valence-corrected chi connectivity index (χ0v) is 14.6. The molecule has 0 saturated carbocycles. The summed E-state index contributed by atoms with van der Waals surface area (Å²) in [5.41, 5.74) is 0. The van der Waals surface area contributed by atoms with Gasteiger partial charge in [0.25, 0.3) is 5.91 Å². The number of amides is 1. The van der Waals surface area contributed by atoms with Crippen LogP contribution in [0.1, 0.15) is 19.8 Å². The number of carbonyl (C=O) groups is 1. The normalized spacial score (nSPS) is 16.5. The van der Waals surface area contributed by atoms with Crippen LogP contribution in [-0.4, -0.2) is 30.5 Å². The minimum absolute atomic E-state index is 0.0851. The molecule has 2 rings (SSSR count). The van der Waals surface area contributed by atoms with E-state index in [0.717, 1.165) is 45.6 Å². The third kappa shape index (κ3) is 4.63. The fourth-order valence-corrected chi connectivity index (χ4v) is 3.65. The largest absolute Gasteiger partial charge is 0.484 e. The van der Waals surface area contributed by atoms with Gasteiger partial charge in [-0.3, -0.25) is 4.79 Å². The summed E-state index contributed by atoms with van der Waals surface area (Å²) in [5, 5.41) is 0. The van der Waals surface area contributed by atoms with Crippen molar-refractivity contribution in [1.29, 1.82) is 0 Å². The molecule has 5 heteroatoms. The maximum absolute atomic E-state index is 12.0. The number of hydrogen-bond donors (Lipinski definition) is 0. The molecule has 0 radical (unpaired) electrons. The van der Waals surface area contributed by atoms with E-state index in [9.17, 15) is 4.79 Å². The first-order valence-corrected chi connectivity index (χ1v) is 8.28.